The lowest BCUT2D eigenvalue weighted by atomic mass is 9.82. The van der Waals surface area contributed by atoms with E-state index >= 15 is 0 Å². The van der Waals surface area contributed by atoms with Gasteiger partial charge in [-0.15, -0.1) is 0 Å². The molecule has 0 amide bonds. The van der Waals surface area contributed by atoms with Crippen molar-refractivity contribution in [1.82, 2.24) is 9.21 Å². The fraction of sp³-hybridized carbons (Fsp3) is 0.500. The van der Waals surface area contributed by atoms with E-state index < -0.39 is 28.0 Å². The van der Waals surface area contributed by atoms with Crippen molar-refractivity contribution in [2.24, 2.45) is 5.92 Å². The Labute approximate surface area is 242 Å². The van der Waals surface area contributed by atoms with Crippen LogP contribution < -0.4 is 18.9 Å². The third-order valence-electron chi connectivity index (χ3n) is 7.74. The Bertz CT molecular complexity index is 1350. The zero-order chi connectivity index (χ0) is 29.6. The standard InChI is InChI=1S/C30H40N2O8S/c1-5-7-8-16-41(35,36)32(13-6-2)15-14-31-19-23(21-9-12-25-27(17-21)40-20-39-25)28(30(33)34)29(31)22-10-11-24(37-3)26(18-22)38-4/h5,7,9-12,17-18,23,28-29H,6,8,13-16,19-20H2,1-4H3,(H,33,34)/b7-5+/t23-,28-,29+/m1/s1. The normalized spacial score (nSPS) is 20.7. The SMILES string of the molecule is C/C=C/CCS(=O)(=O)N(CCC)CCN1C[C@H](c2ccc3c(c2)OCO3)[C@@H](C(=O)O)[C@@H]1c1ccc(OC)c(OC)c1. The van der Waals surface area contributed by atoms with Crippen LogP contribution in [0.3, 0.4) is 0 Å². The predicted molar refractivity (Wildman–Crippen MR) is 155 cm³/mol. The first-order valence-electron chi connectivity index (χ1n) is 13.9. The molecule has 2 heterocycles. The van der Waals surface area contributed by atoms with Crippen LogP contribution >= 0.6 is 0 Å². The van der Waals surface area contributed by atoms with Crippen molar-refractivity contribution in [3.05, 3.63) is 59.7 Å². The Morgan fingerprint density at radius 2 is 1.80 bits per heavy atom. The van der Waals surface area contributed by atoms with E-state index in [4.69, 9.17) is 18.9 Å². The predicted octanol–water partition coefficient (Wildman–Crippen LogP) is 4.28. The van der Waals surface area contributed by atoms with Crippen LogP contribution in [0.4, 0.5) is 0 Å². The highest BCUT2D eigenvalue weighted by molar-refractivity contribution is 7.89. The maximum atomic E-state index is 13.2. The minimum atomic E-state index is -3.48. The highest BCUT2D eigenvalue weighted by Crippen LogP contribution is 2.48. The summed E-state index contributed by atoms with van der Waals surface area (Å²) in [5.41, 5.74) is 1.59. The molecule has 41 heavy (non-hydrogen) atoms. The average molecular weight is 589 g/mol. The highest BCUT2D eigenvalue weighted by atomic mass is 32.2. The van der Waals surface area contributed by atoms with Crippen LogP contribution in [0.25, 0.3) is 0 Å². The Kier molecular flexibility index (Phi) is 10.2. The molecular weight excluding hydrogens is 548 g/mol. The molecule has 11 heteroatoms. The summed E-state index contributed by atoms with van der Waals surface area (Å²) in [4.78, 5) is 15.0. The van der Waals surface area contributed by atoms with E-state index in [0.717, 1.165) is 11.1 Å². The first kappa shape index (κ1) is 30.7. The molecule has 3 atom stereocenters. The van der Waals surface area contributed by atoms with Gasteiger partial charge in [-0.3, -0.25) is 9.69 Å². The van der Waals surface area contributed by atoms with Crippen LogP contribution in [-0.2, 0) is 14.8 Å². The molecule has 0 saturated carbocycles. The fourth-order valence-corrected chi connectivity index (χ4v) is 7.28. The summed E-state index contributed by atoms with van der Waals surface area (Å²) in [5, 5.41) is 10.6. The molecule has 2 aliphatic heterocycles. The summed E-state index contributed by atoms with van der Waals surface area (Å²) in [5.74, 6) is 0.193. The highest BCUT2D eigenvalue weighted by Gasteiger charge is 2.48. The summed E-state index contributed by atoms with van der Waals surface area (Å²) in [6, 6.07) is 10.5. The number of nitrogens with zero attached hydrogens (tertiary/aromatic N) is 2. The van der Waals surface area contributed by atoms with Crippen LogP contribution in [0, 0.1) is 5.92 Å². The third kappa shape index (κ3) is 6.79. The topological polar surface area (TPSA) is 115 Å². The molecule has 1 fully saturated rings. The van der Waals surface area contributed by atoms with Gasteiger partial charge in [-0.1, -0.05) is 31.2 Å². The maximum Gasteiger partial charge on any atom is 0.309 e. The average Bonchev–Trinajstić information content (AvgIpc) is 3.59. The van der Waals surface area contributed by atoms with E-state index in [9.17, 15) is 18.3 Å². The number of hydrogen-bond acceptors (Lipinski definition) is 8. The van der Waals surface area contributed by atoms with Gasteiger partial charge in [-0.05, 0) is 55.2 Å². The van der Waals surface area contributed by atoms with Gasteiger partial charge in [-0.25, -0.2) is 12.7 Å². The summed E-state index contributed by atoms with van der Waals surface area (Å²) in [7, 11) is -0.390. The molecule has 2 aromatic rings. The van der Waals surface area contributed by atoms with E-state index in [1.165, 1.54) is 4.31 Å². The molecular formula is C30H40N2O8S. The van der Waals surface area contributed by atoms with Crippen molar-refractivity contribution in [1.29, 1.82) is 0 Å². The van der Waals surface area contributed by atoms with Gasteiger partial charge in [0.2, 0.25) is 16.8 Å². The van der Waals surface area contributed by atoms with Gasteiger partial charge in [0.05, 0.1) is 25.9 Å². The van der Waals surface area contributed by atoms with E-state index in [-0.39, 0.29) is 25.0 Å². The van der Waals surface area contributed by atoms with Crippen molar-refractivity contribution in [3.63, 3.8) is 0 Å². The Balaban J connectivity index is 1.70. The number of carboxylic acid groups (broad SMARTS) is 1. The van der Waals surface area contributed by atoms with Crippen LogP contribution in [0.5, 0.6) is 23.0 Å². The number of fused-ring (bicyclic) bond motifs is 1. The van der Waals surface area contributed by atoms with Crippen LogP contribution in [0.15, 0.2) is 48.6 Å². The monoisotopic (exact) mass is 588 g/mol. The summed E-state index contributed by atoms with van der Waals surface area (Å²) < 4.78 is 49.9. The molecule has 0 spiro atoms. The molecule has 10 nitrogen and oxygen atoms in total. The van der Waals surface area contributed by atoms with Gasteiger partial charge in [0.1, 0.15) is 0 Å². The van der Waals surface area contributed by atoms with E-state index in [0.29, 0.717) is 55.5 Å². The smallest absolute Gasteiger partial charge is 0.309 e. The van der Waals surface area contributed by atoms with Gasteiger partial charge < -0.3 is 24.1 Å². The molecule has 1 N–H and O–H groups in total. The number of hydrogen-bond donors (Lipinski definition) is 1. The number of benzene rings is 2. The fourth-order valence-electron chi connectivity index (χ4n) is 5.77. The minimum absolute atomic E-state index is 0.0357. The zero-order valence-corrected chi connectivity index (χ0v) is 24.9. The quantitative estimate of drug-likeness (QED) is 0.323. The lowest BCUT2D eigenvalue weighted by Gasteiger charge is -2.30. The number of allylic oxidation sites excluding steroid dienone is 2. The van der Waals surface area contributed by atoms with Crippen LogP contribution in [0.1, 0.15) is 49.8 Å². The van der Waals surface area contributed by atoms with Crippen LogP contribution in [-0.4, -0.2) is 81.6 Å². The molecule has 4 rings (SSSR count). The molecule has 0 aromatic heterocycles. The molecule has 0 radical (unpaired) electrons. The second-order valence-electron chi connectivity index (χ2n) is 10.2. The molecule has 1 saturated heterocycles. The molecule has 224 valence electrons. The summed E-state index contributed by atoms with van der Waals surface area (Å²) in [6.07, 6.45) is 4.83. The van der Waals surface area contributed by atoms with E-state index in [2.05, 4.69) is 4.90 Å². The second-order valence-corrected chi connectivity index (χ2v) is 12.3. The number of carboxylic acids is 1. The summed E-state index contributed by atoms with van der Waals surface area (Å²) in [6.45, 7) is 5.40. The van der Waals surface area contributed by atoms with Crippen molar-refractivity contribution < 1.29 is 37.3 Å². The maximum absolute atomic E-state index is 13.2. The van der Waals surface area contributed by atoms with Gasteiger partial charge in [0.25, 0.3) is 0 Å². The van der Waals surface area contributed by atoms with Gasteiger partial charge >= 0.3 is 5.97 Å². The molecule has 2 aliphatic rings. The summed E-state index contributed by atoms with van der Waals surface area (Å²) >= 11 is 0. The lowest BCUT2D eigenvalue weighted by Crippen LogP contribution is -2.40. The van der Waals surface area contributed by atoms with Crippen molar-refractivity contribution in [2.75, 3.05) is 52.9 Å². The van der Waals surface area contributed by atoms with Gasteiger partial charge in [0, 0.05) is 38.1 Å². The van der Waals surface area contributed by atoms with E-state index in [1.54, 1.807) is 20.3 Å². The second kappa shape index (κ2) is 13.6. The lowest BCUT2D eigenvalue weighted by molar-refractivity contribution is -0.143. The zero-order valence-electron chi connectivity index (χ0n) is 24.1. The van der Waals surface area contributed by atoms with E-state index in [1.807, 2.05) is 56.3 Å². The number of likely N-dealkylation sites (tertiary alicyclic amines) is 1. The third-order valence-corrected chi connectivity index (χ3v) is 9.64. The molecule has 0 bridgehead atoms. The van der Waals surface area contributed by atoms with Crippen LogP contribution in [0.2, 0.25) is 0 Å². The molecule has 0 aliphatic carbocycles. The largest absolute Gasteiger partial charge is 0.493 e. The molecule has 2 aromatic carbocycles. The first-order chi connectivity index (χ1) is 19.7. The number of sulfonamides is 1. The number of methoxy groups -OCH3 is 2. The van der Waals surface area contributed by atoms with Gasteiger partial charge in [0.15, 0.2) is 23.0 Å². The molecule has 0 unspecified atom stereocenters. The number of aliphatic carboxylic acids is 1. The number of carbonyl (C=O) groups is 1. The van der Waals surface area contributed by atoms with Gasteiger partial charge in [-0.2, -0.15) is 0 Å². The first-order valence-corrected chi connectivity index (χ1v) is 15.5. The van der Waals surface area contributed by atoms with Crippen molar-refractivity contribution >= 4 is 16.0 Å². The Morgan fingerprint density at radius 3 is 2.49 bits per heavy atom. The minimum Gasteiger partial charge on any atom is -0.493 e. The number of ether oxygens (including phenoxy) is 4. The Hall–Kier alpha value is -3.28. The van der Waals surface area contributed by atoms with Crippen molar-refractivity contribution in [2.45, 2.75) is 38.6 Å². The number of rotatable bonds is 14. The van der Waals surface area contributed by atoms with Crippen molar-refractivity contribution in [3.8, 4) is 23.0 Å². The Morgan fingerprint density at radius 1 is 1.07 bits per heavy atom.